The molecule has 3 heterocycles. The Morgan fingerprint density at radius 1 is 1.26 bits per heavy atom. The van der Waals surface area contributed by atoms with Gasteiger partial charge in [-0.05, 0) is 49.9 Å². The van der Waals surface area contributed by atoms with E-state index in [2.05, 4.69) is 21.5 Å². The fourth-order valence-corrected chi connectivity index (χ4v) is 3.99. The first kappa shape index (κ1) is 20.5. The predicted octanol–water partition coefficient (Wildman–Crippen LogP) is 2.59. The van der Waals surface area contributed by atoms with Crippen LogP contribution in [-0.2, 0) is 22.6 Å². The van der Waals surface area contributed by atoms with Gasteiger partial charge in [0.25, 0.3) is 0 Å². The number of benzene rings is 1. The number of anilines is 1. The Bertz CT molecular complexity index is 1190. The summed E-state index contributed by atoms with van der Waals surface area (Å²) >= 11 is 0. The van der Waals surface area contributed by atoms with Crippen molar-refractivity contribution in [2.45, 2.75) is 46.1 Å². The van der Waals surface area contributed by atoms with E-state index in [0.717, 1.165) is 41.2 Å². The summed E-state index contributed by atoms with van der Waals surface area (Å²) in [4.78, 5) is 30.5. The highest BCUT2D eigenvalue weighted by molar-refractivity contribution is 5.95. The molecule has 8 heteroatoms. The zero-order valence-electron chi connectivity index (χ0n) is 17.7. The molecule has 0 saturated carbocycles. The predicted molar refractivity (Wildman–Crippen MR) is 115 cm³/mol. The summed E-state index contributed by atoms with van der Waals surface area (Å²) in [6.45, 7) is 5.02. The van der Waals surface area contributed by atoms with Crippen molar-refractivity contribution in [2.75, 3.05) is 11.4 Å². The Balaban J connectivity index is 1.34. The maximum absolute atomic E-state index is 12.4. The first-order valence-corrected chi connectivity index (χ1v) is 10.4. The number of carbonyl (C=O) groups is 2. The van der Waals surface area contributed by atoms with Gasteiger partial charge in [0, 0.05) is 43.0 Å². The second-order valence-corrected chi connectivity index (χ2v) is 7.76. The van der Waals surface area contributed by atoms with Gasteiger partial charge in [0.2, 0.25) is 11.8 Å². The van der Waals surface area contributed by atoms with E-state index in [4.69, 9.17) is 0 Å². The third-order valence-electron chi connectivity index (χ3n) is 5.74. The van der Waals surface area contributed by atoms with Gasteiger partial charge >= 0.3 is 0 Å². The Kier molecular flexibility index (Phi) is 5.67. The van der Waals surface area contributed by atoms with Crippen molar-refractivity contribution < 1.29 is 9.59 Å². The fraction of sp³-hybridized carbons (Fsp3) is 0.348. The number of nitriles is 1. The third kappa shape index (κ3) is 4.12. The highest BCUT2D eigenvalue weighted by Crippen LogP contribution is 2.22. The minimum Gasteiger partial charge on any atom is -0.352 e. The van der Waals surface area contributed by atoms with Crippen LogP contribution in [0.2, 0.25) is 0 Å². The number of hydrogen-bond donors (Lipinski definition) is 1. The monoisotopic (exact) mass is 416 g/mol. The van der Waals surface area contributed by atoms with E-state index in [1.165, 1.54) is 6.20 Å². The summed E-state index contributed by atoms with van der Waals surface area (Å²) < 4.78 is 1.66. The molecule has 8 nitrogen and oxygen atoms in total. The van der Waals surface area contributed by atoms with Crippen molar-refractivity contribution in [1.29, 1.82) is 5.26 Å². The smallest absolute Gasteiger partial charge is 0.227 e. The lowest BCUT2D eigenvalue weighted by molar-refractivity contribution is -0.121. The molecule has 158 valence electrons. The minimum atomic E-state index is -0.0455. The second-order valence-electron chi connectivity index (χ2n) is 7.76. The first-order valence-electron chi connectivity index (χ1n) is 10.4. The lowest BCUT2D eigenvalue weighted by Crippen LogP contribution is -2.24. The fourth-order valence-electron chi connectivity index (χ4n) is 3.99. The van der Waals surface area contributed by atoms with Crippen molar-refractivity contribution in [1.82, 2.24) is 19.9 Å². The summed E-state index contributed by atoms with van der Waals surface area (Å²) in [6.07, 6.45) is 3.90. The lowest BCUT2D eigenvalue weighted by Gasteiger charge is -2.16. The van der Waals surface area contributed by atoms with Crippen LogP contribution in [0.1, 0.15) is 47.3 Å². The van der Waals surface area contributed by atoms with Crippen molar-refractivity contribution >= 4 is 23.1 Å². The van der Waals surface area contributed by atoms with Gasteiger partial charge in [-0.3, -0.25) is 9.59 Å². The van der Waals surface area contributed by atoms with Gasteiger partial charge in [-0.1, -0.05) is 12.1 Å². The summed E-state index contributed by atoms with van der Waals surface area (Å²) in [5, 5.41) is 16.4. The van der Waals surface area contributed by atoms with Crippen LogP contribution in [0.4, 0.5) is 5.69 Å². The Hall–Kier alpha value is -3.73. The highest BCUT2D eigenvalue weighted by atomic mass is 16.2. The Labute approximate surface area is 180 Å². The molecule has 0 atom stereocenters. The Morgan fingerprint density at radius 2 is 2.03 bits per heavy atom. The van der Waals surface area contributed by atoms with E-state index < -0.39 is 0 Å². The average Bonchev–Trinajstić information content (AvgIpc) is 3.38. The maximum atomic E-state index is 12.4. The molecule has 0 aliphatic carbocycles. The molecule has 31 heavy (non-hydrogen) atoms. The third-order valence-corrected chi connectivity index (χ3v) is 5.74. The molecule has 0 radical (unpaired) electrons. The summed E-state index contributed by atoms with van der Waals surface area (Å²) in [5.41, 5.74) is 5.55. The number of aryl methyl sites for hydroxylation is 2. The van der Waals surface area contributed by atoms with Gasteiger partial charge in [-0.25, -0.2) is 9.50 Å². The summed E-state index contributed by atoms with van der Waals surface area (Å²) in [6, 6.07) is 9.84. The number of nitrogens with one attached hydrogen (secondary N) is 1. The highest BCUT2D eigenvalue weighted by Gasteiger charge is 2.21. The molecule has 1 aliphatic heterocycles. The van der Waals surface area contributed by atoms with Crippen LogP contribution in [0.25, 0.3) is 5.65 Å². The molecule has 1 aromatic carbocycles. The number of aromatic nitrogens is 3. The van der Waals surface area contributed by atoms with Gasteiger partial charge in [-0.15, -0.1) is 0 Å². The van der Waals surface area contributed by atoms with E-state index in [1.54, 1.807) is 9.42 Å². The molecule has 4 rings (SSSR count). The van der Waals surface area contributed by atoms with Crippen molar-refractivity contribution in [3.05, 3.63) is 58.5 Å². The van der Waals surface area contributed by atoms with Crippen LogP contribution in [0.5, 0.6) is 0 Å². The van der Waals surface area contributed by atoms with Crippen LogP contribution in [-0.4, -0.2) is 33.0 Å². The maximum Gasteiger partial charge on any atom is 0.227 e. The molecule has 1 saturated heterocycles. The SMILES string of the molecule is Cc1nc2c(C#N)cnn2c(C)c1CCC(=O)NCc1ccc(N2CCCC2=O)cc1. The molecule has 0 unspecified atom stereocenters. The first-order chi connectivity index (χ1) is 15.0. The second kappa shape index (κ2) is 8.56. The molecule has 2 amide bonds. The van der Waals surface area contributed by atoms with Crippen LogP contribution < -0.4 is 10.2 Å². The zero-order valence-corrected chi connectivity index (χ0v) is 17.7. The topological polar surface area (TPSA) is 103 Å². The quantitative estimate of drug-likeness (QED) is 0.665. The van der Waals surface area contributed by atoms with Gasteiger partial charge in [-0.2, -0.15) is 10.4 Å². The normalized spacial score (nSPS) is 13.6. The largest absolute Gasteiger partial charge is 0.352 e. The van der Waals surface area contributed by atoms with E-state index in [-0.39, 0.29) is 11.8 Å². The number of hydrogen-bond acceptors (Lipinski definition) is 5. The molecule has 1 N–H and O–H groups in total. The molecule has 0 bridgehead atoms. The average molecular weight is 416 g/mol. The number of fused-ring (bicyclic) bond motifs is 1. The zero-order chi connectivity index (χ0) is 22.0. The Morgan fingerprint density at radius 3 is 2.71 bits per heavy atom. The van der Waals surface area contributed by atoms with E-state index in [1.807, 2.05) is 38.1 Å². The van der Waals surface area contributed by atoms with Gasteiger partial charge in [0.1, 0.15) is 11.6 Å². The number of carbonyl (C=O) groups excluding carboxylic acids is 2. The van der Waals surface area contributed by atoms with Crippen LogP contribution in [0.15, 0.2) is 30.5 Å². The van der Waals surface area contributed by atoms with E-state index >= 15 is 0 Å². The number of nitrogens with zero attached hydrogens (tertiary/aromatic N) is 5. The summed E-state index contributed by atoms with van der Waals surface area (Å²) in [7, 11) is 0. The van der Waals surface area contributed by atoms with Gasteiger partial charge in [0.15, 0.2) is 5.65 Å². The molecule has 3 aromatic rings. The van der Waals surface area contributed by atoms with Crippen molar-refractivity contribution in [2.24, 2.45) is 0 Å². The lowest BCUT2D eigenvalue weighted by atomic mass is 10.1. The van der Waals surface area contributed by atoms with E-state index in [9.17, 15) is 14.9 Å². The minimum absolute atomic E-state index is 0.0455. The van der Waals surface area contributed by atoms with Crippen LogP contribution >= 0.6 is 0 Å². The molecule has 1 fully saturated rings. The molecule has 1 aliphatic rings. The number of amides is 2. The molecule has 0 spiro atoms. The molecular weight excluding hydrogens is 392 g/mol. The van der Waals surface area contributed by atoms with Crippen LogP contribution in [0, 0.1) is 25.2 Å². The molecule has 2 aromatic heterocycles. The van der Waals surface area contributed by atoms with Crippen molar-refractivity contribution in [3.8, 4) is 6.07 Å². The number of rotatable bonds is 6. The van der Waals surface area contributed by atoms with Crippen LogP contribution in [0.3, 0.4) is 0 Å². The summed E-state index contributed by atoms with van der Waals surface area (Å²) in [5.74, 6) is 0.120. The standard InChI is InChI=1S/C23H24N6O2/c1-15-20(16(2)29-23(27-15)18(12-24)14-26-29)9-10-21(30)25-13-17-5-7-19(8-6-17)28-11-3-4-22(28)31/h5-8,14H,3-4,9-11,13H2,1-2H3,(H,25,30). The van der Waals surface area contributed by atoms with Gasteiger partial charge in [0.05, 0.1) is 6.20 Å². The van der Waals surface area contributed by atoms with Crippen molar-refractivity contribution in [3.63, 3.8) is 0 Å². The van der Waals surface area contributed by atoms with Gasteiger partial charge < -0.3 is 10.2 Å². The molecular formula is C23H24N6O2. The van der Waals surface area contributed by atoms with E-state index in [0.29, 0.717) is 37.0 Å².